The van der Waals surface area contributed by atoms with Crippen molar-refractivity contribution in [2.75, 3.05) is 26.3 Å². The second-order valence-corrected chi connectivity index (χ2v) is 5.13. The lowest BCUT2D eigenvalue weighted by molar-refractivity contribution is -0.135. The van der Waals surface area contributed by atoms with E-state index in [4.69, 9.17) is 22.7 Å². The van der Waals surface area contributed by atoms with Crippen molar-refractivity contribution in [2.45, 2.75) is 46.5 Å². The Balaban J connectivity index is 4.37. The molecule has 0 aliphatic rings. The van der Waals surface area contributed by atoms with E-state index >= 15 is 0 Å². The van der Waals surface area contributed by atoms with E-state index in [1.807, 2.05) is 11.8 Å². The van der Waals surface area contributed by atoms with Crippen LogP contribution in [-0.2, 0) is 9.53 Å². The van der Waals surface area contributed by atoms with Crippen LogP contribution in [-0.4, -0.2) is 42.1 Å². The minimum absolute atomic E-state index is 0.110. The smallest absolute Gasteiger partial charge is 0.225 e. The van der Waals surface area contributed by atoms with Gasteiger partial charge in [-0.3, -0.25) is 4.79 Å². The highest BCUT2D eigenvalue weighted by molar-refractivity contribution is 7.80. The highest BCUT2D eigenvalue weighted by Gasteiger charge is 2.20. The molecule has 0 saturated carbocycles. The number of carbonyl (C=O) groups excluding carboxylic acids is 1. The van der Waals surface area contributed by atoms with Gasteiger partial charge in [0, 0.05) is 38.6 Å². The summed E-state index contributed by atoms with van der Waals surface area (Å²) < 4.78 is 5.31. The van der Waals surface area contributed by atoms with Crippen molar-refractivity contribution in [3.63, 3.8) is 0 Å². The van der Waals surface area contributed by atoms with Crippen molar-refractivity contribution in [3.05, 3.63) is 0 Å². The lowest BCUT2D eigenvalue weighted by Gasteiger charge is -2.26. The molecule has 5 heteroatoms. The van der Waals surface area contributed by atoms with Gasteiger partial charge < -0.3 is 15.4 Å². The first-order chi connectivity index (χ1) is 9.06. The van der Waals surface area contributed by atoms with Gasteiger partial charge in [0.1, 0.15) is 0 Å². The maximum atomic E-state index is 12.4. The van der Waals surface area contributed by atoms with Crippen LogP contribution in [0.2, 0.25) is 0 Å². The second kappa shape index (κ2) is 11.2. The Labute approximate surface area is 122 Å². The number of carbonyl (C=O) groups is 1. The molecule has 112 valence electrons. The van der Waals surface area contributed by atoms with Crippen LogP contribution < -0.4 is 5.73 Å². The zero-order chi connectivity index (χ0) is 14.7. The Bertz CT molecular complexity index is 268. The summed E-state index contributed by atoms with van der Waals surface area (Å²) in [6.45, 7) is 8.83. The number of nitrogens with zero attached hydrogens (tertiary/aromatic N) is 1. The summed E-state index contributed by atoms with van der Waals surface area (Å²) in [4.78, 5) is 14.7. The van der Waals surface area contributed by atoms with Crippen LogP contribution >= 0.6 is 12.2 Å². The number of rotatable bonds is 11. The molecular weight excluding hydrogens is 260 g/mol. The van der Waals surface area contributed by atoms with Crippen LogP contribution in [0.15, 0.2) is 0 Å². The highest BCUT2D eigenvalue weighted by atomic mass is 32.1. The Morgan fingerprint density at radius 3 is 2.37 bits per heavy atom. The van der Waals surface area contributed by atoms with Gasteiger partial charge in [0.15, 0.2) is 0 Å². The monoisotopic (exact) mass is 288 g/mol. The predicted octanol–water partition coefficient (Wildman–Crippen LogP) is 2.35. The topological polar surface area (TPSA) is 55.6 Å². The number of amides is 1. The van der Waals surface area contributed by atoms with E-state index in [-0.39, 0.29) is 11.8 Å². The van der Waals surface area contributed by atoms with Crippen LogP contribution in [0.4, 0.5) is 0 Å². The van der Waals surface area contributed by atoms with Gasteiger partial charge in [0.05, 0.1) is 4.99 Å². The summed E-state index contributed by atoms with van der Waals surface area (Å²) in [6, 6.07) is 0. The molecule has 0 heterocycles. The third-order valence-corrected chi connectivity index (χ3v) is 3.40. The molecule has 1 amide bonds. The normalized spacial score (nSPS) is 10.7. The molecular formula is C14H28N2O2S. The van der Waals surface area contributed by atoms with Gasteiger partial charge in [-0.2, -0.15) is 0 Å². The minimum atomic E-state index is 0.110. The van der Waals surface area contributed by atoms with Crippen molar-refractivity contribution in [1.82, 2.24) is 4.90 Å². The number of nitrogens with two attached hydrogens (primary N) is 1. The molecule has 0 unspecified atom stereocenters. The average Bonchev–Trinajstić information content (AvgIpc) is 2.38. The lowest BCUT2D eigenvalue weighted by Crippen LogP contribution is -2.38. The Kier molecular flexibility index (Phi) is 10.8. The molecule has 0 aromatic heterocycles. The summed E-state index contributed by atoms with van der Waals surface area (Å²) >= 11 is 4.89. The molecule has 0 spiro atoms. The van der Waals surface area contributed by atoms with Gasteiger partial charge in [-0.1, -0.05) is 26.1 Å². The van der Waals surface area contributed by atoms with Crippen molar-refractivity contribution in [3.8, 4) is 0 Å². The van der Waals surface area contributed by atoms with E-state index in [0.717, 1.165) is 25.8 Å². The molecule has 0 rings (SSSR count). The molecule has 2 N–H and O–H groups in total. The molecule has 0 bridgehead atoms. The van der Waals surface area contributed by atoms with E-state index in [1.54, 1.807) is 0 Å². The standard InChI is InChI=1S/C14H28N2O2S/c1-4-12(5-2)14(17)16(10-8-13(15)19)9-7-11-18-6-3/h12H,4-11H2,1-3H3,(H2,15,19). The maximum Gasteiger partial charge on any atom is 0.225 e. The molecule has 0 aromatic rings. The van der Waals surface area contributed by atoms with Gasteiger partial charge in [0.2, 0.25) is 5.91 Å². The molecule has 0 aromatic carbocycles. The fourth-order valence-corrected chi connectivity index (χ4v) is 2.07. The van der Waals surface area contributed by atoms with E-state index in [1.165, 1.54) is 0 Å². The second-order valence-electron chi connectivity index (χ2n) is 4.61. The Hall–Kier alpha value is -0.680. The van der Waals surface area contributed by atoms with Crippen LogP contribution in [0.25, 0.3) is 0 Å². The van der Waals surface area contributed by atoms with Gasteiger partial charge in [0.25, 0.3) is 0 Å². The zero-order valence-corrected chi connectivity index (χ0v) is 13.3. The molecule has 4 nitrogen and oxygen atoms in total. The summed E-state index contributed by atoms with van der Waals surface area (Å²) in [6.07, 6.45) is 3.21. The summed E-state index contributed by atoms with van der Waals surface area (Å²) in [5, 5.41) is 0. The minimum Gasteiger partial charge on any atom is -0.393 e. The van der Waals surface area contributed by atoms with Gasteiger partial charge in [-0.25, -0.2) is 0 Å². The van der Waals surface area contributed by atoms with Crippen LogP contribution in [0.1, 0.15) is 46.5 Å². The number of hydrogen-bond donors (Lipinski definition) is 1. The lowest BCUT2D eigenvalue weighted by atomic mass is 10.0. The number of thiocarbonyl (C=S) groups is 1. The third kappa shape index (κ3) is 8.16. The predicted molar refractivity (Wildman–Crippen MR) is 83.2 cm³/mol. The SMILES string of the molecule is CCOCCCN(CCC(N)=S)C(=O)C(CC)CC. The third-order valence-electron chi connectivity index (χ3n) is 3.20. The largest absolute Gasteiger partial charge is 0.393 e. The van der Waals surface area contributed by atoms with Crippen molar-refractivity contribution in [1.29, 1.82) is 0 Å². The van der Waals surface area contributed by atoms with E-state index in [9.17, 15) is 4.79 Å². The molecule has 0 saturated heterocycles. The highest BCUT2D eigenvalue weighted by Crippen LogP contribution is 2.13. The summed E-state index contributed by atoms with van der Waals surface area (Å²) in [5.41, 5.74) is 5.53. The number of ether oxygens (including phenoxy) is 1. The Morgan fingerprint density at radius 1 is 1.26 bits per heavy atom. The first-order valence-electron chi connectivity index (χ1n) is 7.21. The van der Waals surface area contributed by atoms with E-state index in [2.05, 4.69) is 13.8 Å². The van der Waals surface area contributed by atoms with Crippen molar-refractivity contribution >= 4 is 23.1 Å². The summed E-state index contributed by atoms with van der Waals surface area (Å²) in [7, 11) is 0. The van der Waals surface area contributed by atoms with Crippen LogP contribution in [0.5, 0.6) is 0 Å². The van der Waals surface area contributed by atoms with E-state index in [0.29, 0.717) is 31.2 Å². The Morgan fingerprint density at radius 2 is 1.89 bits per heavy atom. The van der Waals surface area contributed by atoms with Crippen molar-refractivity contribution < 1.29 is 9.53 Å². The molecule has 0 fully saturated rings. The van der Waals surface area contributed by atoms with Crippen LogP contribution in [0.3, 0.4) is 0 Å². The number of hydrogen-bond acceptors (Lipinski definition) is 3. The molecule has 0 aliphatic heterocycles. The summed E-state index contributed by atoms with van der Waals surface area (Å²) in [5.74, 6) is 0.330. The van der Waals surface area contributed by atoms with Crippen LogP contribution in [0, 0.1) is 5.92 Å². The molecule has 0 radical (unpaired) electrons. The molecule has 19 heavy (non-hydrogen) atoms. The van der Waals surface area contributed by atoms with E-state index < -0.39 is 0 Å². The fourth-order valence-electron chi connectivity index (χ4n) is 1.98. The quantitative estimate of drug-likeness (QED) is 0.468. The first kappa shape index (κ1) is 18.3. The fraction of sp³-hybridized carbons (Fsp3) is 0.857. The molecule has 0 aliphatic carbocycles. The van der Waals surface area contributed by atoms with Gasteiger partial charge in [-0.15, -0.1) is 0 Å². The van der Waals surface area contributed by atoms with Gasteiger partial charge in [-0.05, 0) is 26.2 Å². The van der Waals surface area contributed by atoms with Gasteiger partial charge >= 0.3 is 0 Å². The maximum absolute atomic E-state index is 12.4. The van der Waals surface area contributed by atoms with Crippen molar-refractivity contribution in [2.24, 2.45) is 11.7 Å². The average molecular weight is 288 g/mol. The zero-order valence-electron chi connectivity index (χ0n) is 12.5. The molecule has 0 atom stereocenters. The first-order valence-corrected chi connectivity index (χ1v) is 7.62.